The van der Waals surface area contributed by atoms with Gasteiger partial charge in [0.2, 0.25) is 5.91 Å². The third kappa shape index (κ3) is 3.52. The van der Waals surface area contributed by atoms with Crippen LogP contribution in [0.5, 0.6) is 0 Å². The van der Waals surface area contributed by atoms with Crippen molar-refractivity contribution in [2.24, 2.45) is 0 Å². The molecule has 3 heterocycles. The lowest BCUT2D eigenvalue weighted by molar-refractivity contribution is -0.134. The van der Waals surface area contributed by atoms with Gasteiger partial charge in [-0.3, -0.25) is 14.7 Å². The molecule has 0 unspecified atom stereocenters. The average molecular weight is 342 g/mol. The number of pyridine rings is 1. The molecule has 1 aliphatic heterocycles. The van der Waals surface area contributed by atoms with Gasteiger partial charge in [-0.1, -0.05) is 18.9 Å². The number of aromatic nitrogens is 3. The molecule has 1 amide bonds. The van der Waals surface area contributed by atoms with Crippen molar-refractivity contribution in [2.45, 2.75) is 59.0 Å². The first-order valence-corrected chi connectivity index (χ1v) is 8.96. The summed E-state index contributed by atoms with van der Waals surface area (Å²) in [6, 6.07) is 3.62. The fourth-order valence-corrected chi connectivity index (χ4v) is 3.78. The number of aromatic amines is 1. The van der Waals surface area contributed by atoms with Crippen molar-refractivity contribution in [2.75, 3.05) is 6.54 Å². The van der Waals surface area contributed by atoms with E-state index in [0.717, 1.165) is 49.2 Å². The van der Waals surface area contributed by atoms with Crippen LogP contribution in [0.3, 0.4) is 0 Å². The van der Waals surface area contributed by atoms with Gasteiger partial charge in [-0.05, 0) is 39.7 Å². The molecule has 0 aromatic carbocycles. The van der Waals surface area contributed by atoms with Crippen molar-refractivity contribution in [3.63, 3.8) is 0 Å². The third-order valence-electron chi connectivity index (χ3n) is 5.11. The van der Waals surface area contributed by atoms with Crippen molar-refractivity contribution >= 4 is 5.91 Å². The van der Waals surface area contributed by atoms with Gasteiger partial charge in [0.1, 0.15) is 6.54 Å². The molecule has 0 spiro atoms. The monoisotopic (exact) mass is 342 g/mol. The summed E-state index contributed by atoms with van der Waals surface area (Å²) in [4.78, 5) is 27.2. The molecule has 25 heavy (non-hydrogen) atoms. The SMILES string of the molecule is Cc1n[nH]c(C)c1[C@@H]1CCCCCN1C(=O)Cn1cccc(C)c1=O. The number of hydrogen-bond donors (Lipinski definition) is 1. The fourth-order valence-electron chi connectivity index (χ4n) is 3.78. The quantitative estimate of drug-likeness (QED) is 0.932. The van der Waals surface area contributed by atoms with Crippen molar-refractivity contribution in [3.05, 3.63) is 51.2 Å². The second kappa shape index (κ2) is 7.25. The maximum atomic E-state index is 13.0. The molecular weight excluding hydrogens is 316 g/mol. The van der Waals surface area contributed by atoms with E-state index in [2.05, 4.69) is 10.2 Å². The summed E-state index contributed by atoms with van der Waals surface area (Å²) in [7, 11) is 0. The number of hydrogen-bond acceptors (Lipinski definition) is 3. The highest BCUT2D eigenvalue weighted by Crippen LogP contribution is 2.33. The summed E-state index contributed by atoms with van der Waals surface area (Å²) in [6.07, 6.45) is 5.86. The first-order valence-electron chi connectivity index (χ1n) is 8.96. The van der Waals surface area contributed by atoms with Crippen molar-refractivity contribution < 1.29 is 4.79 Å². The van der Waals surface area contributed by atoms with Crippen LogP contribution < -0.4 is 5.56 Å². The smallest absolute Gasteiger partial charge is 0.253 e. The molecular formula is C19H26N4O2. The lowest BCUT2D eigenvalue weighted by Gasteiger charge is -2.31. The van der Waals surface area contributed by atoms with Crippen LogP contribution in [0.15, 0.2) is 23.1 Å². The van der Waals surface area contributed by atoms with E-state index in [0.29, 0.717) is 5.56 Å². The molecule has 1 saturated heterocycles. The minimum absolute atomic E-state index is 0.000370. The van der Waals surface area contributed by atoms with Crippen LogP contribution in [0.25, 0.3) is 0 Å². The summed E-state index contributed by atoms with van der Waals surface area (Å²) < 4.78 is 1.51. The van der Waals surface area contributed by atoms with E-state index in [1.165, 1.54) is 4.57 Å². The molecule has 0 aliphatic carbocycles. The topological polar surface area (TPSA) is 71.0 Å². The molecule has 0 bridgehead atoms. The number of aryl methyl sites for hydroxylation is 3. The van der Waals surface area contributed by atoms with E-state index in [1.807, 2.05) is 24.8 Å². The zero-order chi connectivity index (χ0) is 18.0. The molecule has 1 fully saturated rings. The molecule has 6 heteroatoms. The zero-order valence-corrected chi connectivity index (χ0v) is 15.2. The molecule has 1 atom stereocenters. The van der Waals surface area contributed by atoms with Gasteiger partial charge >= 0.3 is 0 Å². The minimum atomic E-state index is -0.0992. The van der Waals surface area contributed by atoms with Crippen molar-refractivity contribution in [3.8, 4) is 0 Å². The summed E-state index contributed by atoms with van der Waals surface area (Å²) in [5.74, 6) is -0.000370. The molecule has 0 radical (unpaired) electrons. The van der Waals surface area contributed by atoms with Gasteiger partial charge in [0.25, 0.3) is 5.56 Å². The Morgan fingerprint density at radius 2 is 2.08 bits per heavy atom. The Bertz CT molecular complexity index is 802. The molecule has 134 valence electrons. The lowest BCUT2D eigenvalue weighted by Crippen LogP contribution is -2.39. The molecule has 1 aliphatic rings. The predicted molar refractivity (Wildman–Crippen MR) is 96.4 cm³/mol. The van der Waals surface area contributed by atoms with Gasteiger partial charge in [0.05, 0.1) is 11.7 Å². The number of carbonyl (C=O) groups is 1. The maximum absolute atomic E-state index is 13.0. The highest BCUT2D eigenvalue weighted by molar-refractivity contribution is 5.76. The second-order valence-electron chi connectivity index (χ2n) is 6.92. The lowest BCUT2D eigenvalue weighted by atomic mass is 9.99. The normalized spacial score (nSPS) is 18.2. The summed E-state index contributed by atoms with van der Waals surface area (Å²) in [5.41, 5.74) is 3.67. The second-order valence-corrected chi connectivity index (χ2v) is 6.92. The van der Waals surface area contributed by atoms with Crippen LogP contribution in [0, 0.1) is 20.8 Å². The van der Waals surface area contributed by atoms with Crippen LogP contribution in [0.4, 0.5) is 0 Å². The molecule has 6 nitrogen and oxygen atoms in total. The van der Waals surface area contributed by atoms with Gasteiger partial charge in [0, 0.05) is 29.6 Å². The van der Waals surface area contributed by atoms with Crippen LogP contribution in [-0.2, 0) is 11.3 Å². The number of H-pyrrole nitrogens is 1. The Morgan fingerprint density at radius 3 is 2.80 bits per heavy atom. The number of rotatable bonds is 3. The van der Waals surface area contributed by atoms with E-state index in [9.17, 15) is 9.59 Å². The number of carbonyl (C=O) groups excluding carboxylic acids is 1. The standard InChI is InChI=1S/C19H26N4O2/c1-13-8-7-10-22(19(13)25)12-17(24)23-11-6-4-5-9-16(23)18-14(2)20-21-15(18)3/h7-8,10,16H,4-6,9,11-12H2,1-3H3,(H,20,21)/t16-/m0/s1. The number of amides is 1. The highest BCUT2D eigenvalue weighted by Gasteiger charge is 2.30. The van der Waals surface area contributed by atoms with E-state index in [4.69, 9.17) is 0 Å². The van der Waals surface area contributed by atoms with Crippen LogP contribution >= 0.6 is 0 Å². The number of likely N-dealkylation sites (tertiary alicyclic amines) is 1. The summed E-state index contributed by atoms with van der Waals surface area (Å²) >= 11 is 0. The molecule has 2 aromatic heterocycles. The van der Waals surface area contributed by atoms with Gasteiger partial charge in [-0.2, -0.15) is 5.10 Å². The van der Waals surface area contributed by atoms with Crippen LogP contribution in [0.1, 0.15) is 54.2 Å². The zero-order valence-electron chi connectivity index (χ0n) is 15.2. The number of nitrogens with one attached hydrogen (secondary N) is 1. The predicted octanol–water partition coefficient (Wildman–Crippen LogP) is 2.64. The summed E-state index contributed by atoms with van der Waals surface area (Å²) in [5, 5.41) is 7.34. The van der Waals surface area contributed by atoms with Gasteiger partial charge in [-0.15, -0.1) is 0 Å². The van der Waals surface area contributed by atoms with E-state index < -0.39 is 0 Å². The first-order chi connectivity index (χ1) is 12.0. The Morgan fingerprint density at radius 1 is 1.28 bits per heavy atom. The van der Waals surface area contributed by atoms with Crippen molar-refractivity contribution in [1.82, 2.24) is 19.7 Å². The van der Waals surface area contributed by atoms with Gasteiger partial charge in [-0.25, -0.2) is 0 Å². The van der Waals surface area contributed by atoms with E-state index >= 15 is 0 Å². The highest BCUT2D eigenvalue weighted by atomic mass is 16.2. The molecule has 0 saturated carbocycles. The Hall–Kier alpha value is -2.37. The Kier molecular flexibility index (Phi) is 5.06. The van der Waals surface area contributed by atoms with E-state index in [-0.39, 0.29) is 24.1 Å². The molecule has 2 aromatic rings. The maximum Gasteiger partial charge on any atom is 0.253 e. The summed E-state index contributed by atoms with van der Waals surface area (Å²) in [6.45, 7) is 6.59. The van der Waals surface area contributed by atoms with E-state index in [1.54, 1.807) is 19.2 Å². The Labute approximate surface area is 147 Å². The first kappa shape index (κ1) is 17.5. The van der Waals surface area contributed by atoms with Gasteiger partial charge < -0.3 is 9.47 Å². The number of nitrogens with zero attached hydrogens (tertiary/aromatic N) is 3. The molecule has 1 N–H and O–H groups in total. The third-order valence-corrected chi connectivity index (χ3v) is 5.11. The van der Waals surface area contributed by atoms with Crippen LogP contribution in [0.2, 0.25) is 0 Å². The van der Waals surface area contributed by atoms with Gasteiger partial charge in [0.15, 0.2) is 0 Å². The minimum Gasteiger partial charge on any atom is -0.334 e. The molecule has 3 rings (SSSR count). The van der Waals surface area contributed by atoms with Crippen LogP contribution in [-0.4, -0.2) is 32.1 Å². The largest absolute Gasteiger partial charge is 0.334 e. The van der Waals surface area contributed by atoms with Crippen molar-refractivity contribution in [1.29, 1.82) is 0 Å². The Balaban J connectivity index is 1.90. The fraction of sp³-hybridized carbons (Fsp3) is 0.526. The average Bonchev–Trinajstić information content (AvgIpc) is 2.78.